The number of nitrogens with zero attached hydrogens (tertiary/aromatic N) is 6. The highest BCUT2D eigenvalue weighted by Crippen LogP contribution is 2.33. The molecular formula is C38H39F3N7O2+. The van der Waals surface area contributed by atoms with Crippen molar-refractivity contribution in [3.8, 4) is 22.8 Å². The molecule has 6 rings (SSSR count). The van der Waals surface area contributed by atoms with E-state index in [1.54, 1.807) is 37.3 Å². The summed E-state index contributed by atoms with van der Waals surface area (Å²) >= 11 is 0. The van der Waals surface area contributed by atoms with Crippen LogP contribution >= 0.6 is 0 Å². The van der Waals surface area contributed by atoms with Crippen LogP contribution in [0.4, 0.5) is 23.7 Å². The van der Waals surface area contributed by atoms with Gasteiger partial charge in [-0.2, -0.15) is 18.3 Å². The van der Waals surface area contributed by atoms with Crippen molar-refractivity contribution in [2.45, 2.75) is 51.4 Å². The monoisotopic (exact) mass is 682 g/mol. The van der Waals surface area contributed by atoms with Gasteiger partial charge in [0.25, 0.3) is 0 Å². The van der Waals surface area contributed by atoms with Gasteiger partial charge >= 0.3 is 17.9 Å². The van der Waals surface area contributed by atoms with E-state index in [2.05, 4.69) is 53.6 Å². The van der Waals surface area contributed by atoms with Crippen molar-refractivity contribution in [3.05, 3.63) is 130 Å². The number of alkyl halides is 3. The number of hydrogen-bond acceptors (Lipinski definition) is 3. The average molecular weight is 683 g/mol. The van der Waals surface area contributed by atoms with Gasteiger partial charge in [-0.05, 0) is 69.0 Å². The van der Waals surface area contributed by atoms with Crippen LogP contribution in [0.3, 0.4) is 0 Å². The lowest BCUT2D eigenvalue weighted by atomic mass is 9.85. The summed E-state index contributed by atoms with van der Waals surface area (Å²) in [7, 11) is 4.46. The zero-order valence-corrected chi connectivity index (χ0v) is 28.2. The van der Waals surface area contributed by atoms with E-state index in [4.69, 9.17) is 6.57 Å². The molecule has 258 valence electrons. The third-order valence-electron chi connectivity index (χ3n) is 9.41. The Morgan fingerprint density at radius 1 is 0.960 bits per heavy atom. The van der Waals surface area contributed by atoms with Gasteiger partial charge in [0.1, 0.15) is 12.2 Å². The summed E-state index contributed by atoms with van der Waals surface area (Å²) < 4.78 is 45.6. The van der Waals surface area contributed by atoms with Gasteiger partial charge in [-0.3, -0.25) is 4.57 Å². The summed E-state index contributed by atoms with van der Waals surface area (Å²) in [6, 6.07) is 22.4. The molecule has 1 aliphatic rings. The molecule has 0 radical (unpaired) electrons. The molecule has 12 heteroatoms. The summed E-state index contributed by atoms with van der Waals surface area (Å²) in [5, 5.41) is 7.50. The van der Waals surface area contributed by atoms with E-state index in [0.29, 0.717) is 23.0 Å². The fourth-order valence-corrected chi connectivity index (χ4v) is 7.15. The molecular weight excluding hydrogens is 643 g/mol. The third kappa shape index (κ3) is 7.28. The number of carbonyl (C=O) groups is 1. The Morgan fingerprint density at radius 3 is 2.32 bits per heavy atom. The lowest BCUT2D eigenvalue weighted by molar-refractivity contribution is -0.907. The van der Waals surface area contributed by atoms with Crippen LogP contribution in [-0.2, 0) is 12.7 Å². The van der Waals surface area contributed by atoms with Gasteiger partial charge in [0.15, 0.2) is 5.69 Å². The molecule has 0 aliphatic heterocycles. The molecule has 5 aromatic rings. The van der Waals surface area contributed by atoms with Crippen molar-refractivity contribution in [2.75, 3.05) is 20.6 Å². The molecule has 9 nitrogen and oxygen atoms in total. The molecule has 1 N–H and O–H groups in total. The van der Waals surface area contributed by atoms with Crippen LogP contribution in [0.15, 0.2) is 95.9 Å². The second-order valence-electron chi connectivity index (χ2n) is 13.6. The van der Waals surface area contributed by atoms with Crippen molar-refractivity contribution < 1.29 is 22.4 Å². The maximum absolute atomic E-state index is 14.2. The van der Waals surface area contributed by atoms with Gasteiger partial charge in [0.2, 0.25) is 0 Å². The van der Waals surface area contributed by atoms with Crippen LogP contribution in [0.2, 0.25) is 0 Å². The molecule has 2 heterocycles. The molecule has 1 fully saturated rings. The fraction of sp³-hybridized carbons (Fsp3) is 0.316. The molecule has 0 atom stereocenters. The topological polar surface area (TPSA) is 78.2 Å². The number of amides is 1. The Balaban J connectivity index is 1.30. The predicted octanol–water partition coefficient (Wildman–Crippen LogP) is 7.76. The number of imidazole rings is 1. The highest BCUT2D eigenvalue weighted by molar-refractivity contribution is 5.83. The van der Waals surface area contributed by atoms with Gasteiger partial charge in [0, 0.05) is 17.5 Å². The summed E-state index contributed by atoms with van der Waals surface area (Å²) in [4.78, 5) is 31.7. The predicted molar refractivity (Wildman–Crippen MR) is 185 cm³/mol. The average Bonchev–Trinajstić information content (AvgIpc) is 3.67. The van der Waals surface area contributed by atoms with E-state index in [0.717, 1.165) is 64.5 Å². The number of aromatic nitrogens is 4. The number of carbonyl (C=O) groups excluding carboxylic acids is 1. The molecule has 3 aromatic carbocycles. The molecule has 50 heavy (non-hydrogen) atoms. The number of benzene rings is 3. The van der Waals surface area contributed by atoms with Gasteiger partial charge in [-0.25, -0.2) is 23.7 Å². The zero-order chi connectivity index (χ0) is 35.6. The van der Waals surface area contributed by atoms with E-state index in [1.807, 2.05) is 6.07 Å². The van der Waals surface area contributed by atoms with Gasteiger partial charge in [-0.1, -0.05) is 48.5 Å². The third-order valence-corrected chi connectivity index (χ3v) is 9.41. The van der Waals surface area contributed by atoms with E-state index in [9.17, 15) is 22.8 Å². The summed E-state index contributed by atoms with van der Waals surface area (Å²) in [5.41, 5.74) is 1.43. The van der Waals surface area contributed by atoms with E-state index in [-0.39, 0.29) is 23.1 Å². The molecule has 1 aliphatic carbocycles. The Kier molecular flexibility index (Phi) is 9.54. The van der Waals surface area contributed by atoms with Crippen LogP contribution in [0.5, 0.6) is 0 Å². The lowest BCUT2D eigenvalue weighted by Crippen LogP contribution is -2.46. The number of halogens is 3. The number of quaternary nitrogens is 1. The second-order valence-corrected chi connectivity index (χ2v) is 13.6. The van der Waals surface area contributed by atoms with Crippen molar-refractivity contribution in [3.63, 3.8) is 0 Å². The van der Waals surface area contributed by atoms with E-state index < -0.39 is 23.5 Å². The highest BCUT2D eigenvalue weighted by atomic mass is 19.4. The van der Waals surface area contributed by atoms with Crippen molar-refractivity contribution >= 4 is 11.7 Å². The largest absolute Gasteiger partial charge is 0.416 e. The van der Waals surface area contributed by atoms with Gasteiger partial charge in [-0.15, -0.1) is 0 Å². The van der Waals surface area contributed by atoms with Crippen LogP contribution in [0, 0.1) is 19.4 Å². The molecule has 0 bridgehead atoms. The summed E-state index contributed by atoms with van der Waals surface area (Å²) in [6.07, 6.45) is 0.211. The minimum absolute atomic E-state index is 0.0145. The smallest absolute Gasteiger partial charge is 0.335 e. The van der Waals surface area contributed by atoms with Crippen LogP contribution in [0.1, 0.15) is 42.5 Å². The lowest BCUT2D eigenvalue weighted by Gasteiger charge is -2.36. The number of nitrogens with one attached hydrogen (secondary N) is 1. The standard InChI is InChI=1S/C38H38F3N7O2/c1-26-35(34-21-22-43-47(34)32-19-17-30(42-2)18-20-32)46(37(50)45(26)33-12-8-11-29(23-33)38(39,40)41)36(49)44-31-15-13-28(14-16-31)25-48(3,4)24-27-9-6-5-7-10-27/h5-12,17-23,28,31H,13-16,24-25H2,1,3-4H3/p+1. The first-order valence-corrected chi connectivity index (χ1v) is 16.6. The molecule has 0 unspecified atom stereocenters. The normalized spacial score (nSPS) is 16.6. The first-order valence-electron chi connectivity index (χ1n) is 16.6. The number of hydrogen-bond donors (Lipinski definition) is 1. The Hall–Kier alpha value is -5.41. The number of rotatable bonds is 8. The molecule has 0 saturated heterocycles. The SMILES string of the molecule is [C-]#[N+]c1ccc(-n2nccc2-c2c(C)n(-c3cccc(C(F)(F)F)c3)c(=O)n2C(=O)NC2CCC(C[N+](C)(C)Cc3ccccc3)CC2)cc1. The van der Waals surface area contributed by atoms with E-state index >= 15 is 0 Å². The summed E-state index contributed by atoms with van der Waals surface area (Å²) in [6.45, 7) is 10.8. The molecule has 0 spiro atoms. The Bertz CT molecular complexity index is 2080. The van der Waals surface area contributed by atoms with Gasteiger partial charge < -0.3 is 9.80 Å². The maximum Gasteiger partial charge on any atom is 0.416 e. The first kappa shape index (κ1) is 34.5. The van der Waals surface area contributed by atoms with E-state index in [1.165, 1.54) is 28.6 Å². The molecule has 2 aromatic heterocycles. The van der Waals surface area contributed by atoms with Crippen LogP contribution in [0.25, 0.3) is 27.6 Å². The second kappa shape index (κ2) is 13.8. The van der Waals surface area contributed by atoms with Crippen molar-refractivity contribution in [1.82, 2.24) is 24.2 Å². The minimum atomic E-state index is -4.62. The fourth-order valence-electron chi connectivity index (χ4n) is 7.15. The summed E-state index contributed by atoms with van der Waals surface area (Å²) in [5.74, 6) is 0.480. The Labute approximate surface area is 288 Å². The molecule has 1 amide bonds. The highest BCUT2D eigenvalue weighted by Gasteiger charge is 2.33. The minimum Gasteiger partial charge on any atom is -0.335 e. The molecule has 1 saturated carbocycles. The van der Waals surface area contributed by atoms with Gasteiger partial charge in [0.05, 0.1) is 61.7 Å². The van der Waals surface area contributed by atoms with Crippen molar-refractivity contribution in [2.24, 2.45) is 5.92 Å². The van der Waals surface area contributed by atoms with Crippen LogP contribution in [-0.4, -0.2) is 56.1 Å². The quantitative estimate of drug-likeness (QED) is 0.134. The Morgan fingerprint density at radius 2 is 1.66 bits per heavy atom. The van der Waals surface area contributed by atoms with Crippen LogP contribution < -0.4 is 11.0 Å². The first-order chi connectivity index (χ1) is 23.8. The maximum atomic E-state index is 14.2. The zero-order valence-electron chi connectivity index (χ0n) is 28.2. The van der Waals surface area contributed by atoms with Crippen molar-refractivity contribution in [1.29, 1.82) is 0 Å².